The molecule has 0 aliphatic carbocycles. The molecule has 0 aliphatic rings. The zero-order chi connectivity index (χ0) is 12.8. The van der Waals surface area contributed by atoms with Crippen molar-refractivity contribution in [3.8, 4) is 0 Å². The first kappa shape index (κ1) is 13.4. The van der Waals surface area contributed by atoms with E-state index in [2.05, 4.69) is 17.2 Å². The maximum absolute atomic E-state index is 10.6. The molecule has 6 nitrogen and oxygen atoms in total. The van der Waals surface area contributed by atoms with Crippen LogP contribution < -0.4 is 11.1 Å². The van der Waals surface area contributed by atoms with E-state index in [0.717, 1.165) is 18.4 Å². The molecule has 0 fully saturated rings. The Kier molecular flexibility index (Phi) is 4.84. The van der Waals surface area contributed by atoms with Crippen molar-refractivity contribution in [2.75, 3.05) is 11.9 Å². The van der Waals surface area contributed by atoms with Gasteiger partial charge in [0.2, 0.25) is 0 Å². The monoisotopic (exact) mass is 238 g/mol. The lowest BCUT2D eigenvalue weighted by molar-refractivity contribution is -0.385. The summed E-state index contributed by atoms with van der Waals surface area (Å²) in [6, 6.07) is 1.67. The smallest absolute Gasteiger partial charge is 0.287 e. The molecule has 94 valence electrons. The Morgan fingerprint density at radius 2 is 2.35 bits per heavy atom. The van der Waals surface area contributed by atoms with E-state index in [1.54, 1.807) is 6.92 Å². The van der Waals surface area contributed by atoms with Gasteiger partial charge in [0.05, 0.1) is 4.92 Å². The van der Waals surface area contributed by atoms with Gasteiger partial charge in [-0.05, 0) is 18.9 Å². The van der Waals surface area contributed by atoms with Crippen molar-refractivity contribution in [3.05, 3.63) is 27.9 Å². The molecule has 0 radical (unpaired) electrons. The molecular formula is C11H18N4O2. The second-order valence-electron chi connectivity index (χ2n) is 3.98. The minimum Gasteiger partial charge on any atom is -0.366 e. The van der Waals surface area contributed by atoms with Crippen LogP contribution in [0.15, 0.2) is 12.3 Å². The van der Waals surface area contributed by atoms with Gasteiger partial charge in [-0.15, -0.1) is 0 Å². The number of aromatic nitrogens is 1. The summed E-state index contributed by atoms with van der Waals surface area (Å²) in [5, 5.41) is 13.8. The Bertz CT molecular complexity index is 395. The Balaban J connectivity index is 2.81. The van der Waals surface area contributed by atoms with Gasteiger partial charge >= 0.3 is 0 Å². The Morgan fingerprint density at radius 1 is 1.65 bits per heavy atom. The number of hydrogen-bond donors (Lipinski definition) is 2. The molecule has 1 unspecified atom stereocenters. The van der Waals surface area contributed by atoms with Crippen molar-refractivity contribution in [1.82, 2.24) is 4.98 Å². The van der Waals surface area contributed by atoms with Gasteiger partial charge in [-0.2, -0.15) is 0 Å². The average molecular weight is 238 g/mol. The summed E-state index contributed by atoms with van der Waals surface area (Å²) in [6.07, 6.45) is 3.24. The van der Waals surface area contributed by atoms with Crippen LogP contribution in [0.25, 0.3) is 0 Å². The highest BCUT2D eigenvalue weighted by Gasteiger charge is 2.12. The number of anilines is 1. The fourth-order valence-corrected chi connectivity index (χ4v) is 1.60. The van der Waals surface area contributed by atoms with Crippen LogP contribution in [-0.4, -0.2) is 22.5 Å². The molecule has 0 aliphatic heterocycles. The van der Waals surface area contributed by atoms with Crippen LogP contribution in [0.2, 0.25) is 0 Å². The zero-order valence-electron chi connectivity index (χ0n) is 10.1. The van der Waals surface area contributed by atoms with Gasteiger partial charge < -0.3 is 11.1 Å². The maximum Gasteiger partial charge on any atom is 0.287 e. The van der Waals surface area contributed by atoms with Crippen LogP contribution in [0.4, 0.5) is 11.5 Å². The van der Waals surface area contributed by atoms with Gasteiger partial charge in [0.25, 0.3) is 5.69 Å². The van der Waals surface area contributed by atoms with Crippen molar-refractivity contribution < 1.29 is 4.92 Å². The number of nitrogens with two attached hydrogens (primary N) is 1. The van der Waals surface area contributed by atoms with E-state index >= 15 is 0 Å². The van der Waals surface area contributed by atoms with Crippen LogP contribution in [0.5, 0.6) is 0 Å². The van der Waals surface area contributed by atoms with Crippen LogP contribution in [0.3, 0.4) is 0 Å². The summed E-state index contributed by atoms with van der Waals surface area (Å²) in [7, 11) is 0. The molecule has 0 spiro atoms. The second-order valence-corrected chi connectivity index (χ2v) is 3.98. The van der Waals surface area contributed by atoms with E-state index in [9.17, 15) is 10.1 Å². The van der Waals surface area contributed by atoms with E-state index in [4.69, 9.17) is 5.73 Å². The molecule has 3 N–H and O–H groups in total. The van der Waals surface area contributed by atoms with Crippen molar-refractivity contribution in [2.45, 2.75) is 32.7 Å². The minimum absolute atomic E-state index is 0.00726. The molecule has 1 aromatic rings. The highest BCUT2D eigenvalue weighted by molar-refractivity contribution is 5.48. The van der Waals surface area contributed by atoms with Crippen molar-refractivity contribution in [3.63, 3.8) is 0 Å². The Labute approximate surface area is 100 Å². The Hall–Kier alpha value is -1.69. The van der Waals surface area contributed by atoms with Crippen LogP contribution in [-0.2, 0) is 0 Å². The average Bonchev–Trinajstić information content (AvgIpc) is 2.30. The molecule has 0 saturated carbocycles. The van der Waals surface area contributed by atoms with Gasteiger partial charge in [0.1, 0.15) is 12.0 Å². The van der Waals surface area contributed by atoms with Crippen molar-refractivity contribution in [2.24, 2.45) is 5.73 Å². The molecule has 1 aromatic heterocycles. The third-order valence-electron chi connectivity index (χ3n) is 2.54. The molecular weight excluding hydrogens is 220 g/mol. The van der Waals surface area contributed by atoms with Gasteiger partial charge in [-0.3, -0.25) is 10.1 Å². The lowest BCUT2D eigenvalue weighted by Gasteiger charge is -2.17. The van der Waals surface area contributed by atoms with Crippen LogP contribution >= 0.6 is 0 Å². The fraction of sp³-hybridized carbons (Fsp3) is 0.545. The predicted molar refractivity (Wildman–Crippen MR) is 67.0 cm³/mol. The molecule has 6 heteroatoms. The lowest BCUT2D eigenvalue weighted by Crippen LogP contribution is -2.29. The van der Waals surface area contributed by atoms with Gasteiger partial charge in [-0.1, -0.05) is 13.3 Å². The highest BCUT2D eigenvalue weighted by Crippen LogP contribution is 2.19. The molecule has 17 heavy (non-hydrogen) atoms. The number of rotatable bonds is 6. The molecule has 1 rings (SSSR count). The highest BCUT2D eigenvalue weighted by atomic mass is 16.6. The number of nitro groups is 1. The number of pyridine rings is 1. The second kappa shape index (κ2) is 6.15. The summed E-state index contributed by atoms with van der Waals surface area (Å²) >= 11 is 0. The normalized spacial score (nSPS) is 12.2. The minimum atomic E-state index is -0.448. The lowest BCUT2D eigenvalue weighted by atomic mass is 10.1. The molecule has 1 heterocycles. The molecule has 1 atom stereocenters. The van der Waals surface area contributed by atoms with Crippen molar-refractivity contribution >= 4 is 11.5 Å². The topological polar surface area (TPSA) is 94.1 Å². The zero-order valence-corrected chi connectivity index (χ0v) is 10.1. The van der Waals surface area contributed by atoms with E-state index in [0.29, 0.717) is 12.4 Å². The Morgan fingerprint density at radius 3 is 2.82 bits per heavy atom. The van der Waals surface area contributed by atoms with E-state index in [1.165, 1.54) is 12.3 Å². The van der Waals surface area contributed by atoms with E-state index in [1.807, 2.05) is 0 Å². The standard InChI is InChI=1S/C11H18N4O2/c1-3-4-9(6-12)14-11-8(2)5-10(7-13-11)15(16)17/h5,7,9H,3-4,6,12H2,1-2H3,(H,13,14). The van der Waals surface area contributed by atoms with Crippen LogP contribution in [0.1, 0.15) is 25.3 Å². The molecule has 0 amide bonds. The predicted octanol–water partition coefficient (Wildman–Crippen LogP) is 1.84. The third kappa shape index (κ3) is 3.67. The quantitative estimate of drug-likeness (QED) is 0.582. The number of nitrogens with one attached hydrogen (secondary N) is 1. The summed E-state index contributed by atoms with van der Waals surface area (Å²) in [5.74, 6) is 0.666. The first-order valence-corrected chi connectivity index (χ1v) is 5.66. The summed E-state index contributed by atoms with van der Waals surface area (Å²) in [4.78, 5) is 14.2. The fourth-order valence-electron chi connectivity index (χ4n) is 1.60. The molecule has 0 bridgehead atoms. The van der Waals surface area contributed by atoms with Crippen LogP contribution in [0, 0.1) is 17.0 Å². The van der Waals surface area contributed by atoms with E-state index in [-0.39, 0.29) is 11.7 Å². The summed E-state index contributed by atoms with van der Waals surface area (Å²) in [5.41, 5.74) is 6.40. The first-order chi connectivity index (χ1) is 8.08. The first-order valence-electron chi connectivity index (χ1n) is 5.66. The van der Waals surface area contributed by atoms with Crippen molar-refractivity contribution in [1.29, 1.82) is 0 Å². The largest absolute Gasteiger partial charge is 0.366 e. The van der Waals surface area contributed by atoms with Gasteiger partial charge in [0.15, 0.2) is 0 Å². The molecule has 0 aromatic carbocycles. The third-order valence-corrected chi connectivity index (χ3v) is 2.54. The van der Waals surface area contributed by atoms with Gasteiger partial charge in [0, 0.05) is 18.7 Å². The maximum atomic E-state index is 10.6. The summed E-state index contributed by atoms with van der Waals surface area (Å²) < 4.78 is 0. The number of aryl methyl sites for hydroxylation is 1. The number of hydrogen-bond acceptors (Lipinski definition) is 5. The van der Waals surface area contributed by atoms with E-state index < -0.39 is 4.92 Å². The summed E-state index contributed by atoms with van der Waals surface area (Å²) in [6.45, 7) is 4.40. The number of nitrogens with zero attached hydrogens (tertiary/aromatic N) is 2. The SMILES string of the molecule is CCCC(CN)Nc1ncc([N+](=O)[O-])cc1C. The van der Waals surface area contributed by atoms with Gasteiger partial charge in [-0.25, -0.2) is 4.98 Å². The molecule has 0 saturated heterocycles.